The lowest BCUT2D eigenvalue weighted by Gasteiger charge is -2.32. The summed E-state index contributed by atoms with van der Waals surface area (Å²) in [6, 6.07) is 17.3. The van der Waals surface area contributed by atoms with Crippen LogP contribution in [-0.2, 0) is 26.2 Å². The van der Waals surface area contributed by atoms with Gasteiger partial charge in [0.15, 0.2) is 0 Å². The smallest absolute Gasteiger partial charge is 0.264 e. The number of aryl methyl sites for hydroxylation is 1. The fourth-order valence-electron chi connectivity index (χ4n) is 3.80. The molecule has 38 heavy (non-hydrogen) atoms. The van der Waals surface area contributed by atoms with Gasteiger partial charge < -0.3 is 15.0 Å². The summed E-state index contributed by atoms with van der Waals surface area (Å²) in [6.07, 6.45) is 0. The highest BCUT2D eigenvalue weighted by atomic mass is 79.9. The maximum Gasteiger partial charge on any atom is 0.264 e. The molecule has 0 saturated carbocycles. The Morgan fingerprint density at radius 3 is 2.34 bits per heavy atom. The van der Waals surface area contributed by atoms with Crippen LogP contribution in [0.25, 0.3) is 0 Å². The number of rotatable bonds is 10. The minimum atomic E-state index is -4.20. The van der Waals surface area contributed by atoms with E-state index in [0.717, 1.165) is 9.87 Å². The number of likely N-dealkylation sites (N-methyl/N-ethyl adjacent to an activating group) is 1. The molecule has 0 saturated heterocycles. The molecule has 0 heterocycles. The standard InChI is InChI=1S/C27H29BrClN3O5S/c1-18-8-10-22(11-9-18)32(38(35,36)23-12-13-25(37-4)24(28)15-23)17-26(33)31(19(2)27(34)30-3)16-20-6-5-7-21(29)14-20/h5-15,19H,16-17H2,1-4H3,(H,30,34). The van der Waals surface area contributed by atoms with Crippen molar-refractivity contribution in [1.29, 1.82) is 0 Å². The van der Waals surface area contributed by atoms with E-state index in [1.165, 1.54) is 37.3 Å². The zero-order valence-corrected chi connectivity index (χ0v) is 24.6. The van der Waals surface area contributed by atoms with Crippen LogP contribution in [0.4, 0.5) is 5.69 Å². The predicted molar refractivity (Wildman–Crippen MR) is 152 cm³/mol. The van der Waals surface area contributed by atoms with Gasteiger partial charge in [0.05, 0.1) is 22.2 Å². The van der Waals surface area contributed by atoms with Crippen LogP contribution in [0, 0.1) is 6.92 Å². The van der Waals surface area contributed by atoms with Crippen molar-refractivity contribution in [2.24, 2.45) is 0 Å². The zero-order chi connectivity index (χ0) is 28.0. The molecule has 2 amide bonds. The molecule has 1 N–H and O–H groups in total. The minimum absolute atomic E-state index is 0.0284. The number of carbonyl (C=O) groups excluding carboxylic acids is 2. The maximum absolute atomic E-state index is 13.9. The first-order valence-electron chi connectivity index (χ1n) is 11.7. The average Bonchev–Trinajstić information content (AvgIpc) is 2.89. The normalized spacial score (nSPS) is 11.9. The Bertz CT molecular complexity index is 1420. The SMILES string of the molecule is CNC(=O)C(C)N(Cc1cccc(Cl)c1)C(=O)CN(c1ccc(C)cc1)S(=O)(=O)c1ccc(OC)c(Br)c1. The molecular weight excluding hydrogens is 594 g/mol. The van der Waals surface area contributed by atoms with Gasteiger partial charge in [-0.3, -0.25) is 13.9 Å². The summed E-state index contributed by atoms with van der Waals surface area (Å²) in [5.41, 5.74) is 1.94. The summed E-state index contributed by atoms with van der Waals surface area (Å²) >= 11 is 9.47. The van der Waals surface area contributed by atoms with E-state index in [4.69, 9.17) is 16.3 Å². The summed E-state index contributed by atoms with van der Waals surface area (Å²) < 4.78 is 34.5. The Morgan fingerprint density at radius 2 is 1.76 bits per heavy atom. The van der Waals surface area contributed by atoms with E-state index in [0.29, 0.717) is 26.5 Å². The van der Waals surface area contributed by atoms with Crippen LogP contribution in [0.1, 0.15) is 18.1 Å². The number of carbonyl (C=O) groups is 2. The van der Waals surface area contributed by atoms with Gasteiger partial charge in [0, 0.05) is 18.6 Å². The number of nitrogens with zero attached hydrogens (tertiary/aromatic N) is 2. The monoisotopic (exact) mass is 621 g/mol. The first kappa shape index (κ1) is 29.5. The van der Waals surface area contributed by atoms with Gasteiger partial charge in [0.1, 0.15) is 18.3 Å². The number of nitrogens with one attached hydrogen (secondary N) is 1. The van der Waals surface area contributed by atoms with Crippen LogP contribution in [0.15, 0.2) is 76.1 Å². The van der Waals surface area contributed by atoms with Gasteiger partial charge in [-0.25, -0.2) is 8.42 Å². The van der Waals surface area contributed by atoms with Crippen molar-refractivity contribution in [3.05, 3.63) is 87.4 Å². The first-order valence-corrected chi connectivity index (χ1v) is 14.3. The number of hydrogen-bond acceptors (Lipinski definition) is 5. The van der Waals surface area contributed by atoms with Crippen molar-refractivity contribution in [2.75, 3.05) is 25.0 Å². The van der Waals surface area contributed by atoms with Crippen molar-refractivity contribution in [3.8, 4) is 5.75 Å². The molecule has 1 unspecified atom stereocenters. The Balaban J connectivity index is 2.05. The third-order valence-corrected chi connectivity index (χ3v) is 8.59. The molecule has 3 rings (SSSR count). The fourth-order valence-corrected chi connectivity index (χ4v) is 6.14. The number of benzene rings is 3. The highest BCUT2D eigenvalue weighted by molar-refractivity contribution is 9.10. The van der Waals surface area contributed by atoms with E-state index < -0.39 is 28.5 Å². The minimum Gasteiger partial charge on any atom is -0.496 e. The molecule has 11 heteroatoms. The highest BCUT2D eigenvalue weighted by Crippen LogP contribution is 2.31. The molecule has 0 bridgehead atoms. The summed E-state index contributed by atoms with van der Waals surface area (Å²) in [5.74, 6) is -0.476. The second-order valence-electron chi connectivity index (χ2n) is 8.59. The van der Waals surface area contributed by atoms with E-state index in [-0.39, 0.29) is 17.3 Å². The number of sulfonamides is 1. The molecule has 8 nitrogen and oxygen atoms in total. The third-order valence-electron chi connectivity index (χ3n) is 5.97. The van der Waals surface area contributed by atoms with Crippen LogP contribution in [0.3, 0.4) is 0 Å². The predicted octanol–water partition coefficient (Wildman–Crippen LogP) is 4.78. The van der Waals surface area contributed by atoms with Gasteiger partial charge in [0.2, 0.25) is 11.8 Å². The van der Waals surface area contributed by atoms with Gasteiger partial charge in [-0.1, -0.05) is 41.4 Å². The number of anilines is 1. The topological polar surface area (TPSA) is 96.0 Å². The van der Waals surface area contributed by atoms with E-state index in [9.17, 15) is 18.0 Å². The Kier molecular flexibility index (Phi) is 9.81. The molecule has 0 aliphatic heterocycles. The Labute approximate surface area is 236 Å². The lowest BCUT2D eigenvalue weighted by atomic mass is 10.1. The number of methoxy groups -OCH3 is 1. The molecular formula is C27H29BrClN3O5S. The summed E-state index contributed by atoms with van der Waals surface area (Å²) in [5, 5.41) is 3.04. The summed E-state index contributed by atoms with van der Waals surface area (Å²) in [6.45, 7) is 3.00. The lowest BCUT2D eigenvalue weighted by molar-refractivity contribution is -0.139. The Hall–Kier alpha value is -3.08. The molecule has 0 fully saturated rings. The Morgan fingerprint density at radius 1 is 1.08 bits per heavy atom. The van der Waals surface area contributed by atoms with Crippen molar-refractivity contribution in [3.63, 3.8) is 0 Å². The van der Waals surface area contributed by atoms with Crippen LogP contribution >= 0.6 is 27.5 Å². The molecule has 3 aromatic carbocycles. The molecule has 0 radical (unpaired) electrons. The second kappa shape index (κ2) is 12.6. The van der Waals surface area contributed by atoms with Gasteiger partial charge in [-0.15, -0.1) is 0 Å². The average molecular weight is 623 g/mol. The van der Waals surface area contributed by atoms with Crippen LogP contribution < -0.4 is 14.4 Å². The number of amides is 2. The van der Waals surface area contributed by atoms with Crippen molar-refractivity contribution in [2.45, 2.75) is 31.3 Å². The van der Waals surface area contributed by atoms with E-state index in [1.54, 1.807) is 55.5 Å². The van der Waals surface area contributed by atoms with Crippen LogP contribution in [0.2, 0.25) is 5.02 Å². The van der Waals surface area contributed by atoms with E-state index in [2.05, 4.69) is 21.2 Å². The number of ether oxygens (including phenoxy) is 1. The number of hydrogen-bond donors (Lipinski definition) is 1. The third kappa shape index (κ3) is 6.86. The second-order valence-corrected chi connectivity index (χ2v) is 11.7. The largest absolute Gasteiger partial charge is 0.496 e. The van der Waals surface area contributed by atoms with Gasteiger partial charge in [-0.05, 0) is 77.8 Å². The van der Waals surface area contributed by atoms with Crippen molar-refractivity contribution >= 4 is 55.1 Å². The number of halogens is 2. The first-order chi connectivity index (χ1) is 18.0. The van der Waals surface area contributed by atoms with Gasteiger partial charge in [0.25, 0.3) is 10.0 Å². The maximum atomic E-state index is 13.9. The summed E-state index contributed by atoms with van der Waals surface area (Å²) in [7, 11) is -1.24. The molecule has 202 valence electrons. The zero-order valence-electron chi connectivity index (χ0n) is 21.4. The summed E-state index contributed by atoms with van der Waals surface area (Å²) in [4.78, 5) is 27.6. The van der Waals surface area contributed by atoms with Crippen molar-refractivity contribution in [1.82, 2.24) is 10.2 Å². The highest BCUT2D eigenvalue weighted by Gasteiger charge is 2.32. The van der Waals surface area contributed by atoms with E-state index >= 15 is 0 Å². The molecule has 3 aromatic rings. The van der Waals surface area contributed by atoms with Crippen LogP contribution in [0.5, 0.6) is 5.75 Å². The van der Waals surface area contributed by atoms with E-state index in [1.807, 2.05) is 6.92 Å². The molecule has 0 aromatic heterocycles. The molecule has 0 aliphatic carbocycles. The fraction of sp³-hybridized carbons (Fsp3) is 0.259. The lowest BCUT2D eigenvalue weighted by Crippen LogP contribution is -2.50. The van der Waals surface area contributed by atoms with Gasteiger partial charge >= 0.3 is 0 Å². The molecule has 1 atom stereocenters. The van der Waals surface area contributed by atoms with Gasteiger partial charge in [-0.2, -0.15) is 0 Å². The van der Waals surface area contributed by atoms with Crippen molar-refractivity contribution < 1.29 is 22.7 Å². The quantitative estimate of drug-likeness (QED) is 0.351. The molecule has 0 spiro atoms. The molecule has 0 aliphatic rings. The van der Waals surface area contributed by atoms with Crippen LogP contribution in [-0.4, -0.2) is 51.9 Å².